The summed E-state index contributed by atoms with van der Waals surface area (Å²) in [7, 11) is 0. The largest absolute Gasteiger partial charge is 0.326 e. The maximum absolute atomic E-state index is 4.66. The average molecular weight is 272 g/mol. The van der Waals surface area contributed by atoms with Gasteiger partial charge in [-0.25, -0.2) is 4.98 Å². The second kappa shape index (κ2) is 4.74. The van der Waals surface area contributed by atoms with Gasteiger partial charge in [0.15, 0.2) is 0 Å². The molecule has 1 aliphatic heterocycles. The van der Waals surface area contributed by atoms with Crippen LogP contribution in [0.4, 0.5) is 0 Å². The molecular weight excluding hydrogens is 256 g/mol. The third kappa shape index (κ3) is 2.00. The highest BCUT2D eigenvalue weighted by molar-refractivity contribution is 5.81. The lowest BCUT2D eigenvalue weighted by Crippen LogP contribution is -1.98. The number of allylic oxidation sites excluding steroid dienone is 1. The number of imidazole rings is 1. The second-order valence-corrected chi connectivity index (χ2v) is 5.52. The molecule has 0 spiro atoms. The van der Waals surface area contributed by atoms with Gasteiger partial charge in [0.05, 0.1) is 17.7 Å². The zero-order valence-corrected chi connectivity index (χ0v) is 11.8. The summed E-state index contributed by atoms with van der Waals surface area (Å²) < 4.78 is 2.22. The van der Waals surface area contributed by atoms with Gasteiger partial charge >= 0.3 is 0 Å². The van der Waals surface area contributed by atoms with Gasteiger partial charge in [-0.3, -0.25) is 0 Å². The van der Waals surface area contributed by atoms with Crippen LogP contribution >= 0.6 is 0 Å². The Morgan fingerprint density at radius 1 is 0.952 bits per heavy atom. The van der Waals surface area contributed by atoms with E-state index in [0.717, 1.165) is 24.2 Å². The lowest BCUT2D eigenvalue weighted by Gasteiger charge is -2.09. The fraction of sp³-hybridized carbons (Fsp3) is 0.105. The first-order valence-electron chi connectivity index (χ1n) is 7.18. The zero-order valence-electron chi connectivity index (χ0n) is 11.8. The molecule has 2 heteroatoms. The Morgan fingerprint density at radius 3 is 2.57 bits per heavy atom. The van der Waals surface area contributed by atoms with E-state index >= 15 is 0 Å². The SMILES string of the molecule is C=C1Cc2ccccc2-c2c(-c3ccccc3)ncn2C1. The van der Waals surface area contributed by atoms with Crippen molar-refractivity contribution in [3.8, 4) is 22.5 Å². The van der Waals surface area contributed by atoms with Gasteiger partial charge in [-0.15, -0.1) is 0 Å². The quantitative estimate of drug-likeness (QED) is 0.603. The molecule has 4 rings (SSSR count). The monoisotopic (exact) mass is 272 g/mol. The molecule has 1 aliphatic rings. The van der Waals surface area contributed by atoms with Crippen LogP contribution in [0.1, 0.15) is 5.56 Å². The number of hydrogen-bond donors (Lipinski definition) is 0. The Balaban J connectivity index is 2.00. The van der Waals surface area contributed by atoms with Gasteiger partial charge < -0.3 is 4.57 Å². The molecule has 0 N–H and O–H groups in total. The lowest BCUT2D eigenvalue weighted by atomic mass is 9.98. The van der Waals surface area contributed by atoms with Crippen LogP contribution in [0, 0.1) is 0 Å². The van der Waals surface area contributed by atoms with E-state index < -0.39 is 0 Å². The minimum Gasteiger partial charge on any atom is -0.326 e. The molecule has 2 aromatic carbocycles. The molecule has 0 bridgehead atoms. The van der Waals surface area contributed by atoms with Crippen molar-refractivity contribution < 1.29 is 0 Å². The number of fused-ring (bicyclic) bond motifs is 3. The van der Waals surface area contributed by atoms with Crippen molar-refractivity contribution in [2.75, 3.05) is 0 Å². The Labute approximate surface area is 124 Å². The summed E-state index contributed by atoms with van der Waals surface area (Å²) in [6.07, 6.45) is 2.87. The van der Waals surface area contributed by atoms with Crippen molar-refractivity contribution in [1.29, 1.82) is 0 Å². The van der Waals surface area contributed by atoms with Gasteiger partial charge in [0.25, 0.3) is 0 Å². The van der Waals surface area contributed by atoms with Crippen LogP contribution in [0.15, 0.2) is 73.1 Å². The standard InChI is InChI=1S/C19H16N2/c1-14-11-16-9-5-6-10-17(16)19-18(20-13-21(19)12-14)15-7-3-2-4-8-15/h2-10,13H,1,11-12H2. The highest BCUT2D eigenvalue weighted by atomic mass is 15.1. The third-order valence-electron chi connectivity index (χ3n) is 3.99. The second-order valence-electron chi connectivity index (χ2n) is 5.52. The molecule has 3 aromatic rings. The first kappa shape index (κ1) is 12.2. The fourth-order valence-electron chi connectivity index (χ4n) is 3.06. The van der Waals surface area contributed by atoms with Gasteiger partial charge in [-0.05, 0) is 12.0 Å². The molecule has 2 heterocycles. The summed E-state index contributed by atoms with van der Waals surface area (Å²) in [5, 5.41) is 0. The molecule has 0 fully saturated rings. The number of rotatable bonds is 1. The van der Waals surface area contributed by atoms with Crippen molar-refractivity contribution in [3.63, 3.8) is 0 Å². The highest BCUT2D eigenvalue weighted by Gasteiger charge is 2.20. The molecule has 2 nitrogen and oxygen atoms in total. The highest BCUT2D eigenvalue weighted by Crippen LogP contribution is 2.36. The number of benzene rings is 2. The van der Waals surface area contributed by atoms with E-state index in [4.69, 9.17) is 0 Å². The first-order valence-corrected chi connectivity index (χ1v) is 7.18. The molecule has 0 atom stereocenters. The summed E-state index contributed by atoms with van der Waals surface area (Å²) in [4.78, 5) is 4.66. The first-order chi connectivity index (χ1) is 10.3. The summed E-state index contributed by atoms with van der Waals surface area (Å²) in [5.41, 5.74) is 7.24. The molecule has 1 aromatic heterocycles. The van der Waals surface area contributed by atoms with Gasteiger partial charge in [0.1, 0.15) is 0 Å². The van der Waals surface area contributed by atoms with Crippen LogP contribution in [0.2, 0.25) is 0 Å². The Morgan fingerprint density at radius 2 is 1.71 bits per heavy atom. The topological polar surface area (TPSA) is 17.8 Å². The normalized spacial score (nSPS) is 13.4. The summed E-state index contributed by atoms with van der Waals surface area (Å²) >= 11 is 0. The van der Waals surface area contributed by atoms with Crippen molar-refractivity contribution in [2.24, 2.45) is 0 Å². The average Bonchev–Trinajstić information content (AvgIpc) is 2.86. The van der Waals surface area contributed by atoms with E-state index in [1.807, 2.05) is 12.4 Å². The molecule has 0 unspecified atom stereocenters. The van der Waals surface area contributed by atoms with Crippen LogP contribution in [-0.2, 0) is 13.0 Å². The van der Waals surface area contributed by atoms with Crippen LogP contribution < -0.4 is 0 Å². The lowest BCUT2D eigenvalue weighted by molar-refractivity contribution is 0.785. The maximum Gasteiger partial charge on any atom is 0.0963 e. The summed E-state index contributed by atoms with van der Waals surface area (Å²) in [6, 6.07) is 19.0. The van der Waals surface area contributed by atoms with Crippen LogP contribution in [0.5, 0.6) is 0 Å². The summed E-state index contributed by atoms with van der Waals surface area (Å²) in [5.74, 6) is 0. The van der Waals surface area contributed by atoms with E-state index in [9.17, 15) is 0 Å². The van der Waals surface area contributed by atoms with Crippen molar-refractivity contribution in [2.45, 2.75) is 13.0 Å². The van der Waals surface area contributed by atoms with E-state index in [0.29, 0.717) is 0 Å². The zero-order chi connectivity index (χ0) is 14.2. The minimum absolute atomic E-state index is 0.837. The number of hydrogen-bond acceptors (Lipinski definition) is 1. The van der Waals surface area contributed by atoms with E-state index in [1.54, 1.807) is 0 Å². The molecule has 0 radical (unpaired) electrons. The van der Waals surface area contributed by atoms with E-state index in [2.05, 4.69) is 64.7 Å². The summed E-state index contributed by atoms with van der Waals surface area (Å²) in [6.45, 7) is 5.04. The Kier molecular flexibility index (Phi) is 2.74. The molecule has 0 saturated heterocycles. The van der Waals surface area contributed by atoms with Crippen LogP contribution in [0.25, 0.3) is 22.5 Å². The Hall–Kier alpha value is -2.61. The third-order valence-corrected chi connectivity index (χ3v) is 3.99. The smallest absolute Gasteiger partial charge is 0.0963 e. The Bertz CT molecular complexity index is 813. The molecule has 0 aliphatic carbocycles. The van der Waals surface area contributed by atoms with E-state index in [1.165, 1.54) is 22.4 Å². The predicted octanol–water partition coefficient (Wildman–Crippen LogP) is 4.33. The van der Waals surface area contributed by atoms with Crippen LogP contribution in [0.3, 0.4) is 0 Å². The minimum atomic E-state index is 0.837. The predicted molar refractivity (Wildman–Crippen MR) is 85.9 cm³/mol. The van der Waals surface area contributed by atoms with Gasteiger partial charge in [-0.2, -0.15) is 0 Å². The maximum atomic E-state index is 4.66. The van der Waals surface area contributed by atoms with Crippen molar-refractivity contribution >= 4 is 0 Å². The van der Waals surface area contributed by atoms with Gasteiger partial charge in [0.2, 0.25) is 0 Å². The van der Waals surface area contributed by atoms with Crippen molar-refractivity contribution in [3.05, 3.63) is 78.6 Å². The molecule has 0 amide bonds. The molecular formula is C19H16N2. The molecule has 102 valence electrons. The molecule has 21 heavy (non-hydrogen) atoms. The van der Waals surface area contributed by atoms with Gasteiger partial charge in [0, 0.05) is 17.7 Å². The number of aromatic nitrogens is 2. The van der Waals surface area contributed by atoms with Crippen molar-refractivity contribution in [1.82, 2.24) is 9.55 Å². The van der Waals surface area contributed by atoms with Crippen LogP contribution in [-0.4, -0.2) is 9.55 Å². The van der Waals surface area contributed by atoms with Gasteiger partial charge in [-0.1, -0.05) is 66.7 Å². The fourth-order valence-corrected chi connectivity index (χ4v) is 3.06. The number of nitrogens with zero attached hydrogens (tertiary/aromatic N) is 2. The molecule has 0 saturated carbocycles. The van der Waals surface area contributed by atoms with E-state index in [-0.39, 0.29) is 0 Å².